The van der Waals surface area contributed by atoms with Gasteiger partial charge in [0.15, 0.2) is 0 Å². The summed E-state index contributed by atoms with van der Waals surface area (Å²) in [5.41, 5.74) is 1.91. The van der Waals surface area contributed by atoms with Gasteiger partial charge in [-0.2, -0.15) is 0 Å². The maximum absolute atomic E-state index is 15.3. The third kappa shape index (κ3) is 5.67. The van der Waals surface area contributed by atoms with Gasteiger partial charge in [0, 0.05) is 24.3 Å². The van der Waals surface area contributed by atoms with E-state index in [0.717, 1.165) is 11.9 Å². The van der Waals surface area contributed by atoms with Gasteiger partial charge in [-0.05, 0) is 73.5 Å². The molecule has 8 heteroatoms. The number of rotatable bonds is 7. The molecule has 1 saturated heterocycles. The molecule has 2 aromatic heterocycles. The van der Waals surface area contributed by atoms with E-state index in [1.54, 1.807) is 43.8 Å². The molecule has 0 bridgehead atoms. The maximum Gasteiger partial charge on any atom is 0.308 e. The average molecular weight is 463 g/mol. The van der Waals surface area contributed by atoms with Gasteiger partial charge in [-0.3, -0.25) is 14.7 Å². The predicted molar refractivity (Wildman–Crippen MR) is 126 cm³/mol. The predicted octanol–water partition coefficient (Wildman–Crippen LogP) is 3.90. The minimum atomic E-state index is -1.20. The summed E-state index contributed by atoms with van der Waals surface area (Å²) in [6, 6.07) is 8.84. The second-order valence-electron chi connectivity index (χ2n) is 8.45. The standard InChI is InChI=1S/C26H27FN4O3/c1-34-20-5-7-25-22(15-20)21(9-12-29-25)24(27)6-4-18-10-14-31(16-23(18)26(32)33)13-2-3-19-8-11-28-17-30-19/h5,7-9,11-12,15,17-18,23-24H,4,6,10,13-14,16H2,1H3,(H,32,33)/t18-,23+,24+/m1/s1. The molecule has 1 aliphatic rings. The number of methoxy groups -OCH3 is 1. The molecule has 7 nitrogen and oxygen atoms in total. The van der Waals surface area contributed by atoms with E-state index in [9.17, 15) is 9.90 Å². The van der Waals surface area contributed by atoms with Gasteiger partial charge in [-0.25, -0.2) is 14.4 Å². The fraction of sp³-hybridized carbons (Fsp3) is 0.385. The minimum Gasteiger partial charge on any atom is -0.497 e. The number of alkyl halides is 1. The van der Waals surface area contributed by atoms with Crippen LogP contribution in [0.25, 0.3) is 10.9 Å². The zero-order valence-corrected chi connectivity index (χ0v) is 19.0. The number of halogens is 1. The smallest absolute Gasteiger partial charge is 0.308 e. The Labute approximate surface area is 198 Å². The van der Waals surface area contributed by atoms with E-state index in [-0.39, 0.29) is 12.3 Å². The van der Waals surface area contributed by atoms with Gasteiger partial charge in [0.1, 0.15) is 23.9 Å². The summed E-state index contributed by atoms with van der Waals surface area (Å²) in [6.45, 7) is 1.61. The molecule has 0 saturated carbocycles. The minimum absolute atomic E-state index is 0.0792. The van der Waals surface area contributed by atoms with Crippen LogP contribution in [0.4, 0.5) is 4.39 Å². The lowest BCUT2D eigenvalue weighted by molar-refractivity contribution is -0.146. The number of hydrogen-bond donors (Lipinski definition) is 1. The van der Waals surface area contributed by atoms with E-state index >= 15 is 4.39 Å². The fourth-order valence-corrected chi connectivity index (χ4v) is 4.51. The zero-order valence-electron chi connectivity index (χ0n) is 19.0. The molecule has 0 amide bonds. The SMILES string of the molecule is COc1ccc2nccc([C@@H](F)CC[C@@H]3CCN(CC#Cc4ccncn4)C[C@@H]3C(=O)O)c2c1. The number of carbonyl (C=O) groups is 1. The Bertz CT molecular complexity index is 1190. The first-order valence-corrected chi connectivity index (χ1v) is 11.3. The van der Waals surface area contributed by atoms with E-state index in [1.165, 1.54) is 6.33 Å². The highest BCUT2D eigenvalue weighted by Gasteiger charge is 2.34. The van der Waals surface area contributed by atoms with Crippen LogP contribution in [-0.4, -0.2) is 57.7 Å². The third-order valence-corrected chi connectivity index (χ3v) is 6.37. The van der Waals surface area contributed by atoms with Gasteiger partial charge in [-0.1, -0.05) is 5.92 Å². The molecule has 0 radical (unpaired) electrons. The Morgan fingerprint density at radius 1 is 1.29 bits per heavy atom. The van der Waals surface area contributed by atoms with Crippen molar-refractivity contribution < 1.29 is 19.0 Å². The van der Waals surface area contributed by atoms with Crippen molar-refractivity contribution in [2.75, 3.05) is 26.7 Å². The third-order valence-electron chi connectivity index (χ3n) is 6.37. The van der Waals surface area contributed by atoms with Crippen LogP contribution in [0.2, 0.25) is 0 Å². The van der Waals surface area contributed by atoms with Crippen LogP contribution in [0, 0.1) is 23.7 Å². The number of hydrogen-bond acceptors (Lipinski definition) is 6. The van der Waals surface area contributed by atoms with Crippen molar-refractivity contribution in [1.29, 1.82) is 0 Å². The van der Waals surface area contributed by atoms with Crippen molar-refractivity contribution in [3.63, 3.8) is 0 Å². The van der Waals surface area contributed by atoms with Crippen LogP contribution in [0.1, 0.15) is 36.7 Å². The van der Waals surface area contributed by atoms with Gasteiger partial charge in [-0.15, -0.1) is 0 Å². The fourth-order valence-electron chi connectivity index (χ4n) is 4.51. The van der Waals surface area contributed by atoms with Crippen LogP contribution < -0.4 is 4.74 Å². The summed E-state index contributed by atoms with van der Waals surface area (Å²) in [5.74, 6) is 5.22. The summed E-state index contributed by atoms with van der Waals surface area (Å²) in [5, 5.41) is 10.5. The molecule has 4 rings (SSSR count). The molecule has 1 aliphatic heterocycles. The number of benzene rings is 1. The first-order chi connectivity index (χ1) is 16.5. The van der Waals surface area contributed by atoms with Crippen molar-refractivity contribution in [3.05, 3.63) is 60.3 Å². The highest BCUT2D eigenvalue weighted by Crippen LogP contribution is 2.35. The molecular formula is C26H27FN4O3. The Kier molecular flexibility index (Phi) is 7.65. The summed E-state index contributed by atoms with van der Waals surface area (Å²) < 4.78 is 20.6. The van der Waals surface area contributed by atoms with Crippen LogP contribution in [0.15, 0.2) is 49.1 Å². The van der Waals surface area contributed by atoms with E-state index < -0.39 is 18.1 Å². The molecule has 3 aromatic rings. The Morgan fingerprint density at radius 3 is 2.94 bits per heavy atom. The number of nitrogens with zero attached hydrogens (tertiary/aromatic N) is 4. The number of carboxylic acid groups (broad SMARTS) is 1. The Morgan fingerprint density at radius 2 is 2.18 bits per heavy atom. The summed E-state index contributed by atoms with van der Waals surface area (Å²) in [7, 11) is 1.57. The first kappa shape index (κ1) is 23.6. The quantitative estimate of drug-likeness (QED) is 0.533. The van der Waals surface area contributed by atoms with Crippen molar-refractivity contribution in [2.45, 2.75) is 25.4 Å². The summed E-state index contributed by atoms with van der Waals surface area (Å²) in [4.78, 5) is 26.3. The van der Waals surface area contributed by atoms with Crippen molar-refractivity contribution in [1.82, 2.24) is 19.9 Å². The first-order valence-electron chi connectivity index (χ1n) is 11.3. The normalized spacial score (nSPS) is 19.2. The highest BCUT2D eigenvalue weighted by atomic mass is 19.1. The van der Waals surface area contributed by atoms with E-state index in [0.29, 0.717) is 48.5 Å². The van der Waals surface area contributed by atoms with Gasteiger partial charge in [0.05, 0.1) is 25.1 Å². The van der Waals surface area contributed by atoms with E-state index in [1.807, 2.05) is 11.0 Å². The lowest BCUT2D eigenvalue weighted by Crippen LogP contribution is -2.44. The average Bonchev–Trinajstić information content (AvgIpc) is 2.87. The van der Waals surface area contributed by atoms with Crippen LogP contribution in [0.3, 0.4) is 0 Å². The lowest BCUT2D eigenvalue weighted by atomic mass is 9.81. The molecule has 1 N–H and O–H groups in total. The number of pyridine rings is 1. The molecular weight excluding hydrogens is 435 g/mol. The molecule has 3 heterocycles. The highest BCUT2D eigenvalue weighted by molar-refractivity contribution is 5.83. The number of ether oxygens (including phenoxy) is 1. The van der Waals surface area contributed by atoms with Crippen LogP contribution >= 0.6 is 0 Å². The Hall–Kier alpha value is -3.57. The van der Waals surface area contributed by atoms with Crippen LogP contribution in [0.5, 0.6) is 5.75 Å². The number of aliphatic carboxylic acids is 1. The van der Waals surface area contributed by atoms with Gasteiger partial charge < -0.3 is 9.84 Å². The van der Waals surface area contributed by atoms with Gasteiger partial charge >= 0.3 is 5.97 Å². The summed E-state index contributed by atoms with van der Waals surface area (Å²) >= 11 is 0. The van der Waals surface area contributed by atoms with Crippen molar-refractivity contribution in [2.24, 2.45) is 11.8 Å². The molecule has 0 aliphatic carbocycles. The molecule has 0 unspecified atom stereocenters. The maximum atomic E-state index is 15.3. The molecule has 1 fully saturated rings. The zero-order chi connectivity index (χ0) is 23.9. The van der Waals surface area contributed by atoms with E-state index in [4.69, 9.17) is 4.74 Å². The lowest BCUT2D eigenvalue weighted by Gasteiger charge is -2.35. The molecule has 0 spiro atoms. The topological polar surface area (TPSA) is 88.4 Å². The number of fused-ring (bicyclic) bond motifs is 1. The Balaban J connectivity index is 1.38. The van der Waals surface area contributed by atoms with Gasteiger partial charge in [0.25, 0.3) is 0 Å². The molecule has 1 aromatic carbocycles. The molecule has 3 atom stereocenters. The molecule has 176 valence electrons. The van der Waals surface area contributed by atoms with Crippen molar-refractivity contribution >= 4 is 16.9 Å². The second-order valence-corrected chi connectivity index (χ2v) is 8.45. The molecule has 34 heavy (non-hydrogen) atoms. The van der Waals surface area contributed by atoms with Gasteiger partial charge in [0.2, 0.25) is 0 Å². The van der Waals surface area contributed by atoms with Crippen molar-refractivity contribution in [3.8, 4) is 17.6 Å². The number of aromatic nitrogens is 3. The number of carboxylic acids is 1. The summed E-state index contributed by atoms with van der Waals surface area (Å²) in [6.07, 6.45) is 4.95. The number of likely N-dealkylation sites (tertiary alicyclic amines) is 1. The largest absolute Gasteiger partial charge is 0.497 e. The second kappa shape index (κ2) is 11.0. The number of piperidine rings is 1. The van der Waals surface area contributed by atoms with E-state index in [2.05, 4.69) is 26.8 Å². The monoisotopic (exact) mass is 462 g/mol. The van der Waals surface area contributed by atoms with Crippen LogP contribution in [-0.2, 0) is 4.79 Å².